The Morgan fingerprint density at radius 2 is 2.52 bits per heavy atom. The topological polar surface area (TPSA) is 84.8 Å². The van der Waals surface area contributed by atoms with E-state index in [9.17, 15) is 4.79 Å². The molecule has 21 heavy (non-hydrogen) atoms. The summed E-state index contributed by atoms with van der Waals surface area (Å²) in [5.41, 5.74) is 1.43. The quantitative estimate of drug-likeness (QED) is 0.870. The third-order valence-electron chi connectivity index (χ3n) is 3.64. The molecule has 1 aliphatic rings. The Hall–Kier alpha value is -1.67. The summed E-state index contributed by atoms with van der Waals surface area (Å²) in [6.45, 7) is 1.26. The lowest BCUT2D eigenvalue weighted by Crippen LogP contribution is -2.30. The number of hydrogen-bond acceptors (Lipinski definition) is 4. The van der Waals surface area contributed by atoms with E-state index in [0.29, 0.717) is 18.8 Å². The summed E-state index contributed by atoms with van der Waals surface area (Å²) in [4.78, 5) is 12.1. The van der Waals surface area contributed by atoms with Crippen LogP contribution in [0.4, 0.5) is 0 Å². The van der Waals surface area contributed by atoms with Gasteiger partial charge in [-0.3, -0.25) is 14.6 Å². The molecule has 7 nitrogen and oxygen atoms in total. The van der Waals surface area contributed by atoms with Gasteiger partial charge in [0.2, 0.25) is 0 Å². The Balaban J connectivity index is 1.60. The maximum absolute atomic E-state index is 12.1. The summed E-state index contributed by atoms with van der Waals surface area (Å²) in [7, 11) is 1.78. The zero-order chi connectivity index (χ0) is 14.8. The van der Waals surface area contributed by atoms with Gasteiger partial charge in [0.1, 0.15) is 4.60 Å². The molecule has 0 spiro atoms. The molecule has 1 aliphatic heterocycles. The lowest BCUT2D eigenvalue weighted by Gasteiger charge is -2.17. The van der Waals surface area contributed by atoms with Crippen molar-refractivity contribution < 1.29 is 9.53 Å². The molecule has 0 unspecified atom stereocenters. The van der Waals surface area contributed by atoms with Crippen LogP contribution < -0.4 is 5.32 Å². The van der Waals surface area contributed by atoms with Crippen molar-refractivity contribution in [2.45, 2.75) is 12.5 Å². The molecule has 2 N–H and O–H groups in total. The van der Waals surface area contributed by atoms with Gasteiger partial charge in [-0.1, -0.05) is 0 Å². The number of ether oxygens (including phenoxy) is 1. The summed E-state index contributed by atoms with van der Waals surface area (Å²) < 4.78 is 8.12. The first-order chi connectivity index (χ1) is 10.1. The summed E-state index contributed by atoms with van der Waals surface area (Å²) in [5, 5.41) is 13.8. The highest BCUT2D eigenvalue weighted by Crippen LogP contribution is 2.33. The Labute approximate surface area is 130 Å². The van der Waals surface area contributed by atoms with Gasteiger partial charge in [0, 0.05) is 43.9 Å². The second-order valence-electron chi connectivity index (χ2n) is 5.06. The van der Waals surface area contributed by atoms with E-state index in [-0.39, 0.29) is 17.9 Å². The van der Waals surface area contributed by atoms with Crippen LogP contribution in [0, 0.1) is 5.92 Å². The van der Waals surface area contributed by atoms with Crippen molar-refractivity contribution in [1.82, 2.24) is 25.3 Å². The summed E-state index contributed by atoms with van der Waals surface area (Å²) in [5.74, 6) is 0.0767. The van der Waals surface area contributed by atoms with Gasteiger partial charge in [-0.05, 0) is 22.4 Å². The molecule has 0 saturated carbocycles. The zero-order valence-corrected chi connectivity index (χ0v) is 13.1. The minimum absolute atomic E-state index is 0.0143. The zero-order valence-electron chi connectivity index (χ0n) is 11.5. The molecule has 112 valence electrons. The van der Waals surface area contributed by atoms with Crippen LogP contribution in [0.2, 0.25) is 0 Å². The Kier molecular flexibility index (Phi) is 4.07. The molecular formula is C13H16BrN5O2. The summed E-state index contributed by atoms with van der Waals surface area (Å²) in [6.07, 6.45) is 4.50. The predicted molar refractivity (Wildman–Crippen MR) is 78.6 cm³/mol. The fraction of sp³-hybridized carbons (Fsp3) is 0.462. The van der Waals surface area contributed by atoms with Crippen LogP contribution in [-0.2, 0) is 11.8 Å². The number of halogens is 1. The number of nitrogens with zero attached hydrogens (tertiary/aromatic N) is 3. The average Bonchev–Trinajstić information content (AvgIpc) is 3.17. The van der Waals surface area contributed by atoms with E-state index >= 15 is 0 Å². The summed E-state index contributed by atoms with van der Waals surface area (Å²) >= 11 is 3.33. The lowest BCUT2D eigenvalue weighted by atomic mass is 9.97. The van der Waals surface area contributed by atoms with Crippen LogP contribution in [0.15, 0.2) is 23.1 Å². The largest absolute Gasteiger partial charge is 0.373 e. The number of aryl methyl sites for hydroxylation is 1. The van der Waals surface area contributed by atoms with E-state index in [1.54, 1.807) is 24.0 Å². The number of rotatable bonds is 4. The van der Waals surface area contributed by atoms with Crippen molar-refractivity contribution in [2.24, 2.45) is 13.0 Å². The standard InChI is InChI=1S/C13H16BrN5O2/c1-19-11(14)4-10(18-19)13(20)15-5-8-2-3-21-12(8)9-6-16-17-7-9/h4,6-8,12H,2-3,5H2,1H3,(H,15,20)(H,16,17)/t8-,12+/m1/s1. The maximum Gasteiger partial charge on any atom is 0.271 e. The molecule has 2 aromatic heterocycles. The van der Waals surface area contributed by atoms with Gasteiger partial charge in [-0.2, -0.15) is 10.2 Å². The third-order valence-corrected chi connectivity index (χ3v) is 4.38. The van der Waals surface area contributed by atoms with E-state index in [1.165, 1.54) is 0 Å². The molecule has 0 radical (unpaired) electrons. The first kappa shape index (κ1) is 14.3. The number of aromatic amines is 1. The highest BCUT2D eigenvalue weighted by molar-refractivity contribution is 9.10. The third kappa shape index (κ3) is 3.01. The highest BCUT2D eigenvalue weighted by atomic mass is 79.9. The summed E-state index contributed by atoms with van der Waals surface area (Å²) in [6, 6.07) is 1.70. The molecule has 2 atom stereocenters. The van der Waals surface area contributed by atoms with Gasteiger partial charge in [0.25, 0.3) is 5.91 Å². The molecule has 0 bridgehead atoms. The predicted octanol–water partition coefficient (Wildman–Crippen LogP) is 1.41. The van der Waals surface area contributed by atoms with Crippen molar-refractivity contribution in [2.75, 3.05) is 13.2 Å². The number of carbonyl (C=O) groups is 1. The number of carbonyl (C=O) groups excluding carboxylic acids is 1. The van der Waals surface area contributed by atoms with Crippen molar-refractivity contribution >= 4 is 21.8 Å². The van der Waals surface area contributed by atoms with Crippen LogP contribution in [0.3, 0.4) is 0 Å². The molecule has 3 heterocycles. The van der Waals surface area contributed by atoms with Gasteiger partial charge in [-0.15, -0.1) is 0 Å². The van der Waals surface area contributed by atoms with Crippen molar-refractivity contribution in [3.05, 3.63) is 34.3 Å². The molecule has 0 aliphatic carbocycles. The second kappa shape index (κ2) is 5.98. The van der Waals surface area contributed by atoms with Crippen LogP contribution in [0.1, 0.15) is 28.6 Å². The van der Waals surface area contributed by atoms with E-state index in [0.717, 1.165) is 16.6 Å². The number of aromatic nitrogens is 4. The maximum atomic E-state index is 12.1. The molecular weight excluding hydrogens is 338 g/mol. The number of amides is 1. The molecule has 1 amide bonds. The first-order valence-electron chi connectivity index (χ1n) is 6.73. The van der Waals surface area contributed by atoms with Crippen molar-refractivity contribution in [1.29, 1.82) is 0 Å². The van der Waals surface area contributed by atoms with Crippen LogP contribution in [0.25, 0.3) is 0 Å². The number of H-pyrrole nitrogens is 1. The Morgan fingerprint density at radius 1 is 1.67 bits per heavy atom. The van der Waals surface area contributed by atoms with Gasteiger partial charge in [0.05, 0.1) is 12.3 Å². The van der Waals surface area contributed by atoms with Crippen molar-refractivity contribution in [3.8, 4) is 0 Å². The fourth-order valence-corrected chi connectivity index (χ4v) is 2.79. The van der Waals surface area contributed by atoms with Gasteiger partial charge >= 0.3 is 0 Å². The Bertz CT molecular complexity index is 605. The minimum atomic E-state index is -0.172. The molecule has 3 rings (SSSR count). The molecule has 8 heteroatoms. The SMILES string of the molecule is Cn1nc(C(=O)NC[C@H]2CCO[C@@H]2c2cn[nH]c2)cc1Br. The van der Waals surface area contributed by atoms with Gasteiger partial charge in [-0.25, -0.2) is 0 Å². The van der Waals surface area contributed by atoms with E-state index in [1.807, 2.05) is 6.20 Å². The van der Waals surface area contributed by atoms with Gasteiger partial charge in [0.15, 0.2) is 5.69 Å². The van der Waals surface area contributed by atoms with Crippen LogP contribution in [-0.4, -0.2) is 39.0 Å². The number of nitrogens with one attached hydrogen (secondary N) is 2. The normalized spacial score (nSPS) is 21.6. The van der Waals surface area contributed by atoms with E-state index < -0.39 is 0 Å². The molecule has 2 aromatic rings. The van der Waals surface area contributed by atoms with Gasteiger partial charge < -0.3 is 10.1 Å². The van der Waals surface area contributed by atoms with E-state index in [4.69, 9.17) is 4.74 Å². The lowest BCUT2D eigenvalue weighted by molar-refractivity contribution is 0.0844. The molecule has 1 fully saturated rings. The van der Waals surface area contributed by atoms with Crippen LogP contribution in [0.5, 0.6) is 0 Å². The van der Waals surface area contributed by atoms with Crippen molar-refractivity contribution in [3.63, 3.8) is 0 Å². The second-order valence-corrected chi connectivity index (χ2v) is 5.87. The smallest absolute Gasteiger partial charge is 0.271 e. The molecule has 1 saturated heterocycles. The fourth-order valence-electron chi connectivity index (χ4n) is 2.50. The van der Waals surface area contributed by atoms with E-state index in [2.05, 4.69) is 36.5 Å². The monoisotopic (exact) mass is 353 g/mol. The Morgan fingerprint density at radius 3 is 3.19 bits per heavy atom. The first-order valence-corrected chi connectivity index (χ1v) is 7.52. The van der Waals surface area contributed by atoms with Crippen LogP contribution >= 0.6 is 15.9 Å². The molecule has 0 aromatic carbocycles. The minimum Gasteiger partial charge on any atom is -0.373 e. The highest BCUT2D eigenvalue weighted by Gasteiger charge is 2.30. The average molecular weight is 354 g/mol. The number of hydrogen-bond donors (Lipinski definition) is 2.